The van der Waals surface area contributed by atoms with Crippen molar-refractivity contribution in [2.24, 2.45) is 0 Å². The first-order valence-electron chi connectivity index (χ1n) is 24.6. The van der Waals surface area contributed by atoms with E-state index in [1.54, 1.807) is 6.20 Å². The quantitative estimate of drug-likeness (QED) is 0.161. The molecule has 0 atom stereocenters. The number of pyridine rings is 2. The third-order valence-electron chi connectivity index (χ3n) is 14.2. The summed E-state index contributed by atoms with van der Waals surface area (Å²) in [7, 11) is 0. The number of hydrogen-bond acceptors (Lipinski definition) is 4. The van der Waals surface area contributed by atoms with E-state index in [2.05, 4.69) is 241 Å². The van der Waals surface area contributed by atoms with E-state index in [4.69, 9.17) is 14.7 Å². The summed E-state index contributed by atoms with van der Waals surface area (Å²) in [5, 5.41) is 9.19. The molecule has 7 heteroatoms. The van der Waals surface area contributed by atoms with Gasteiger partial charge in [0.1, 0.15) is 5.82 Å². The first-order valence-corrected chi connectivity index (χ1v) is 24.6. The maximum absolute atomic E-state index is 6.74. The largest absolute Gasteiger partial charge is 0.521 e. The molecule has 6 nitrogen and oxygen atoms in total. The van der Waals surface area contributed by atoms with E-state index in [1.165, 1.54) is 38.4 Å². The van der Waals surface area contributed by atoms with Gasteiger partial charge in [-0.1, -0.05) is 189 Å². The molecule has 12 rings (SSSR count). The Balaban J connectivity index is 0.00000560. The molecule has 0 spiro atoms. The summed E-state index contributed by atoms with van der Waals surface area (Å²) in [6.45, 7) is 22.7. The van der Waals surface area contributed by atoms with Crippen molar-refractivity contribution in [2.75, 3.05) is 4.90 Å². The molecule has 0 aliphatic carbocycles. The van der Waals surface area contributed by atoms with E-state index >= 15 is 0 Å². The molecule has 7 aromatic carbocycles. The molecule has 1 aliphatic heterocycles. The molecule has 0 radical (unpaired) electrons. The minimum atomic E-state index is -0.0624. The van der Waals surface area contributed by atoms with E-state index in [-0.39, 0.29) is 37.3 Å². The zero-order valence-corrected chi connectivity index (χ0v) is 44.5. The van der Waals surface area contributed by atoms with Gasteiger partial charge in [-0.2, -0.15) is 18.2 Å². The Morgan fingerprint density at radius 3 is 1.68 bits per heavy atom. The van der Waals surface area contributed by atoms with E-state index in [1.807, 2.05) is 18.3 Å². The van der Waals surface area contributed by atoms with E-state index in [0.717, 1.165) is 66.1 Å². The van der Waals surface area contributed by atoms with Gasteiger partial charge in [-0.3, -0.25) is 4.98 Å². The van der Waals surface area contributed by atoms with Gasteiger partial charge >= 0.3 is 0 Å². The van der Waals surface area contributed by atoms with Gasteiger partial charge < -0.3 is 18.8 Å². The predicted octanol–water partition coefficient (Wildman–Crippen LogP) is 17.2. The second kappa shape index (κ2) is 17.4. The number of para-hydroxylation sites is 3. The van der Waals surface area contributed by atoms with E-state index < -0.39 is 0 Å². The third-order valence-corrected chi connectivity index (χ3v) is 14.2. The number of ether oxygens (including phenoxy) is 1. The van der Waals surface area contributed by atoms with Gasteiger partial charge in [0, 0.05) is 50.0 Å². The molecule has 0 fully saturated rings. The van der Waals surface area contributed by atoms with Crippen LogP contribution in [0.3, 0.4) is 0 Å². The minimum Gasteiger partial charge on any atom is -0.521 e. The van der Waals surface area contributed by atoms with Gasteiger partial charge in [-0.25, -0.2) is 4.98 Å². The summed E-state index contributed by atoms with van der Waals surface area (Å²) in [4.78, 5) is 12.1. The van der Waals surface area contributed by atoms with Crippen LogP contribution in [-0.4, -0.2) is 19.1 Å². The first-order chi connectivity index (χ1) is 34.1. The van der Waals surface area contributed by atoms with Gasteiger partial charge in [-0.05, 0) is 129 Å². The molecule has 4 aromatic heterocycles. The Kier molecular flexibility index (Phi) is 11.4. The molecule has 0 bridgehead atoms. The van der Waals surface area contributed by atoms with Crippen LogP contribution < -0.4 is 9.64 Å². The molecule has 11 aromatic rings. The topological polar surface area (TPSA) is 48.1 Å². The van der Waals surface area contributed by atoms with Crippen LogP contribution >= 0.6 is 0 Å². The second-order valence-electron chi connectivity index (χ2n) is 22.1. The summed E-state index contributed by atoms with van der Waals surface area (Å²) in [5.41, 5.74) is 11.1. The van der Waals surface area contributed by atoms with Gasteiger partial charge in [0.25, 0.3) is 0 Å². The van der Waals surface area contributed by atoms with Crippen molar-refractivity contribution in [1.29, 1.82) is 0 Å². The van der Waals surface area contributed by atoms with E-state index in [9.17, 15) is 0 Å². The van der Waals surface area contributed by atoms with Gasteiger partial charge in [0.2, 0.25) is 0 Å². The summed E-state index contributed by atoms with van der Waals surface area (Å²) < 4.78 is 11.3. The Bertz CT molecular complexity index is 4000. The molecule has 1 aliphatic rings. The fourth-order valence-corrected chi connectivity index (χ4v) is 10.4. The molecule has 0 N–H and O–H groups in total. The van der Waals surface area contributed by atoms with Crippen molar-refractivity contribution >= 4 is 76.7 Å². The third kappa shape index (κ3) is 7.97. The Morgan fingerprint density at radius 1 is 0.472 bits per heavy atom. The molecule has 0 unspecified atom stereocenters. The Labute approximate surface area is 436 Å². The van der Waals surface area contributed by atoms with Crippen LogP contribution in [0.15, 0.2) is 170 Å². The summed E-state index contributed by atoms with van der Waals surface area (Å²) >= 11 is 0. The fraction of sp³-hybridized carbons (Fsp3) is 0.185. The van der Waals surface area contributed by atoms with Crippen LogP contribution in [-0.2, 0) is 37.3 Å². The van der Waals surface area contributed by atoms with Crippen LogP contribution in [0.25, 0.3) is 82.1 Å². The number of nitrogens with zero attached hydrogens (tertiary/aromatic N) is 5. The second-order valence-corrected chi connectivity index (χ2v) is 22.1. The zero-order valence-electron chi connectivity index (χ0n) is 42.2. The van der Waals surface area contributed by atoms with E-state index in [0.29, 0.717) is 17.3 Å². The molecule has 0 saturated carbocycles. The SMILES string of the molecule is CC(C)(C)c1cc(-c2cccc3c4ccccc4c4ccccc4c4cccc5c4n(c23)[CH-]N5c2[c-]c(Oc3[c-]c4c(cc3)c3ccccc3n4-c3cc(C(C)(C)C)ccn3)ccn2)cc(C(C)(C)C)c1.[Pt]. The molecule has 360 valence electrons. The Hall–Kier alpha value is -7.40. The van der Waals surface area contributed by atoms with Crippen molar-refractivity contribution in [2.45, 2.75) is 78.6 Å². The average molecular weight is 1120 g/mol. The number of anilines is 2. The van der Waals surface area contributed by atoms with Crippen molar-refractivity contribution < 1.29 is 25.8 Å². The zero-order chi connectivity index (χ0) is 49.0. The number of hydrogen-bond donors (Lipinski definition) is 0. The van der Waals surface area contributed by atoms with Crippen LogP contribution in [0.4, 0.5) is 11.5 Å². The van der Waals surface area contributed by atoms with Crippen LogP contribution in [0.1, 0.15) is 79.0 Å². The smallest absolute Gasteiger partial charge is 0.135 e. The summed E-state index contributed by atoms with van der Waals surface area (Å²) in [6, 6.07) is 64.2. The number of fused-ring (bicyclic) bond motifs is 10. The molecule has 0 saturated heterocycles. The molecule has 5 heterocycles. The van der Waals surface area contributed by atoms with Crippen LogP contribution in [0.2, 0.25) is 0 Å². The van der Waals surface area contributed by atoms with Crippen molar-refractivity contribution in [3.05, 3.63) is 206 Å². The maximum atomic E-state index is 6.74. The average Bonchev–Trinajstić information content (AvgIpc) is 3.92. The maximum Gasteiger partial charge on any atom is 0.135 e. The number of rotatable bonds is 5. The first kappa shape index (κ1) is 47.0. The summed E-state index contributed by atoms with van der Waals surface area (Å²) in [5.74, 6) is 2.55. The monoisotopic (exact) mass is 1120 g/mol. The van der Waals surface area contributed by atoms with Crippen LogP contribution in [0, 0.1) is 18.8 Å². The minimum absolute atomic E-state index is 0. The Morgan fingerprint density at radius 2 is 1.03 bits per heavy atom. The molecule has 72 heavy (non-hydrogen) atoms. The van der Waals surface area contributed by atoms with Gasteiger partial charge in [0.05, 0.1) is 0 Å². The normalized spacial score (nSPS) is 12.8. The summed E-state index contributed by atoms with van der Waals surface area (Å²) in [6.07, 6.45) is 3.71. The van der Waals surface area contributed by atoms with Gasteiger partial charge in [0.15, 0.2) is 0 Å². The molecular formula is C65H56N5OPt-3. The van der Waals surface area contributed by atoms with Gasteiger partial charge in [-0.15, -0.1) is 17.5 Å². The molecular weight excluding hydrogens is 1060 g/mol. The number of aromatic nitrogens is 4. The fourth-order valence-electron chi connectivity index (χ4n) is 10.4. The predicted molar refractivity (Wildman–Crippen MR) is 296 cm³/mol. The van der Waals surface area contributed by atoms with Crippen molar-refractivity contribution in [1.82, 2.24) is 19.1 Å². The standard InChI is InChI=1S/C65H56N5O.Pt/c1-63(2,3)42-30-32-67-60(37-42)70-56-26-15-14-22-52(56)53-29-28-45(38-58(53)70)71-46-31-33-66-59(39-46)68-40-69-61-47(41-34-43(64(4,5)6)36-44(35-41)65(7,8)9)23-16-24-54(61)50-20-12-10-18-48(50)49-19-11-13-21-51(49)55-25-17-27-57(68)62(55)69;/h10-37,40H,1-9H3;/q-3;. The van der Waals surface area contributed by atoms with Crippen LogP contribution in [0.5, 0.6) is 11.5 Å². The number of benzene rings is 7. The molecule has 0 amide bonds. The van der Waals surface area contributed by atoms with Crippen molar-refractivity contribution in [3.63, 3.8) is 0 Å². The van der Waals surface area contributed by atoms with Crippen molar-refractivity contribution in [3.8, 4) is 28.4 Å².